The van der Waals surface area contributed by atoms with Crippen molar-refractivity contribution in [3.8, 4) is 0 Å². The summed E-state index contributed by atoms with van der Waals surface area (Å²) in [6, 6.07) is 0. The van der Waals surface area contributed by atoms with Gasteiger partial charge >= 0.3 is 0 Å². The summed E-state index contributed by atoms with van der Waals surface area (Å²) in [5, 5.41) is 8.82. The van der Waals surface area contributed by atoms with Gasteiger partial charge in [-0.3, -0.25) is 4.55 Å². The highest BCUT2D eigenvalue weighted by Crippen LogP contribution is 2.18. The average Bonchev–Trinajstić information content (AvgIpc) is 2.39. The number of rotatable bonds is 13. The van der Waals surface area contributed by atoms with E-state index in [1.807, 2.05) is 6.92 Å². The molecule has 0 rings (SSSR count). The first-order valence-electron chi connectivity index (χ1n) is 8.06. The second-order valence-corrected chi connectivity index (χ2v) is 7.38. The van der Waals surface area contributed by atoms with Gasteiger partial charge in [-0.25, -0.2) is 0 Å². The highest BCUT2D eigenvalue weighted by molar-refractivity contribution is 7.86. The Morgan fingerprint density at radius 1 is 0.850 bits per heavy atom. The lowest BCUT2D eigenvalue weighted by molar-refractivity contribution is 0.156. The molecule has 122 valence electrons. The molecule has 0 amide bonds. The number of aliphatic hydroxyl groups is 1. The summed E-state index contributed by atoms with van der Waals surface area (Å²) in [6.07, 6.45) is 9.17. The van der Waals surface area contributed by atoms with Gasteiger partial charge in [-0.2, -0.15) is 8.42 Å². The molecule has 0 aliphatic carbocycles. The zero-order chi connectivity index (χ0) is 15.4. The zero-order valence-corrected chi connectivity index (χ0v) is 13.9. The van der Waals surface area contributed by atoms with Gasteiger partial charge in [0.1, 0.15) is 0 Å². The van der Waals surface area contributed by atoms with Crippen LogP contribution in [0.4, 0.5) is 0 Å². The van der Waals surface area contributed by atoms with Gasteiger partial charge in [-0.1, -0.05) is 58.8 Å². The second kappa shape index (κ2) is 11.5. The SMILES string of the molecule is CCCCCCCC(CCCCC(O)CC)S(=O)(=O)O. The molecule has 2 atom stereocenters. The summed E-state index contributed by atoms with van der Waals surface area (Å²) in [6.45, 7) is 4.08. The van der Waals surface area contributed by atoms with Crippen molar-refractivity contribution in [2.75, 3.05) is 0 Å². The topological polar surface area (TPSA) is 74.6 Å². The Kier molecular flexibility index (Phi) is 11.4. The Morgan fingerprint density at radius 3 is 1.85 bits per heavy atom. The first kappa shape index (κ1) is 19.9. The molecule has 5 heteroatoms. The summed E-state index contributed by atoms with van der Waals surface area (Å²) in [5.41, 5.74) is 0. The average molecular weight is 308 g/mol. The Balaban J connectivity index is 3.93. The van der Waals surface area contributed by atoms with Gasteiger partial charge in [0.05, 0.1) is 11.4 Å². The number of hydrogen-bond acceptors (Lipinski definition) is 3. The molecule has 20 heavy (non-hydrogen) atoms. The molecule has 0 heterocycles. The molecule has 0 bridgehead atoms. The van der Waals surface area contributed by atoms with Crippen LogP contribution in [0.1, 0.15) is 84.5 Å². The summed E-state index contributed by atoms with van der Waals surface area (Å²) in [4.78, 5) is 0. The molecule has 0 saturated heterocycles. The molecule has 0 aromatic heterocycles. The Bertz CT molecular complexity index is 314. The minimum absolute atomic E-state index is 0.284. The van der Waals surface area contributed by atoms with Crippen molar-refractivity contribution in [1.29, 1.82) is 0 Å². The van der Waals surface area contributed by atoms with Crippen LogP contribution in [0.25, 0.3) is 0 Å². The lowest BCUT2D eigenvalue weighted by Gasteiger charge is -2.14. The molecular formula is C15H32O4S. The lowest BCUT2D eigenvalue weighted by atomic mass is 10.0. The van der Waals surface area contributed by atoms with Crippen molar-refractivity contribution >= 4 is 10.1 Å². The van der Waals surface area contributed by atoms with Gasteiger partial charge in [0, 0.05) is 0 Å². The van der Waals surface area contributed by atoms with Crippen LogP contribution in [0, 0.1) is 0 Å². The highest BCUT2D eigenvalue weighted by Gasteiger charge is 2.21. The fraction of sp³-hybridized carbons (Fsp3) is 1.00. The van der Waals surface area contributed by atoms with Crippen molar-refractivity contribution in [3.05, 3.63) is 0 Å². The molecule has 2 unspecified atom stereocenters. The summed E-state index contributed by atoms with van der Waals surface area (Å²) in [7, 11) is -3.93. The Labute approximate surface area is 124 Å². The maximum absolute atomic E-state index is 11.3. The van der Waals surface area contributed by atoms with E-state index in [-0.39, 0.29) is 6.10 Å². The molecule has 0 spiro atoms. The maximum atomic E-state index is 11.3. The molecule has 0 aromatic carbocycles. The minimum Gasteiger partial charge on any atom is -0.393 e. The molecule has 2 N–H and O–H groups in total. The predicted molar refractivity (Wildman–Crippen MR) is 83.5 cm³/mol. The van der Waals surface area contributed by atoms with Crippen molar-refractivity contribution in [1.82, 2.24) is 0 Å². The van der Waals surface area contributed by atoms with Crippen LogP contribution in [0.3, 0.4) is 0 Å². The monoisotopic (exact) mass is 308 g/mol. The molecule has 0 aliphatic rings. The zero-order valence-electron chi connectivity index (χ0n) is 13.1. The molecule has 0 radical (unpaired) electrons. The third-order valence-electron chi connectivity index (χ3n) is 3.84. The second-order valence-electron chi connectivity index (χ2n) is 5.69. The van der Waals surface area contributed by atoms with E-state index in [0.717, 1.165) is 38.5 Å². The van der Waals surface area contributed by atoms with Crippen LogP contribution in [-0.4, -0.2) is 29.4 Å². The maximum Gasteiger partial charge on any atom is 0.267 e. The van der Waals surface area contributed by atoms with E-state index in [0.29, 0.717) is 19.3 Å². The fourth-order valence-corrected chi connectivity index (χ4v) is 3.30. The third-order valence-corrected chi connectivity index (χ3v) is 5.15. The smallest absolute Gasteiger partial charge is 0.267 e. The Hall–Kier alpha value is -0.130. The first-order chi connectivity index (χ1) is 9.41. The van der Waals surface area contributed by atoms with E-state index in [9.17, 15) is 18.1 Å². The van der Waals surface area contributed by atoms with Crippen molar-refractivity contribution in [3.63, 3.8) is 0 Å². The first-order valence-corrected chi connectivity index (χ1v) is 9.56. The van der Waals surface area contributed by atoms with Crippen molar-refractivity contribution < 1.29 is 18.1 Å². The highest BCUT2D eigenvalue weighted by atomic mass is 32.2. The standard InChI is InChI=1S/C15H32O4S/c1-3-5-6-7-8-12-15(20(17,18)19)13-10-9-11-14(16)4-2/h14-16H,3-13H2,1-2H3,(H,17,18,19). The van der Waals surface area contributed by atoms with Crippen LogP contribution >= 0.6 is 0 Å². The number of unbranched alkanes of at least 4 members (excludes halogenated alkanes) is 5. The van der Waals surface area contributed by atoms with Gasteiger partial charge in [-0.05, 0) is 25.7 Å². The van der Waals surface area contributed by atoms with E-state index in [4.69, 9.17) is 0 Å². The fourth-order valence-electron chi connectivity index (χ4n) is 2.37. The van der Waals surface area contributed by atoms with Crippen molar-refractivity contribution in [2.24, 2.45) is 0 Å². The summed E-state index contributed by atoms with van der Waals surface area (Å²) in [5.74, 6) is 0. The quantitative estimate of drug-likeness (QED) is 0.399. The normalized spacial score (nSPS) is 15.2. The van der Waals surface area contributed by atoms with Crippen LogP contribution in [0.15, 0.2) is 0 Å². The van der Waals surface area contributed by atoms with Gasteiger partial charge in [0.15, 0.2) is 0 Å². The lowest BCUT2D eigenvalue weighted by Crippen LogP contribution is -2.20. The van der Waals surface area contributed by atoms with Gasteiger partial charge in [-0.15, -0.1) is 0 Å². The van der Waals surface area contributed by atoms with Gasteiger partial charge in [0.25, 0.3) is 10.1 Å². The van der Waals surface area contributed by atoms with E-state index >= 15 is 0 Å². The largest absolute Gasteiger partial charge is 0.393 e. The van der Waals surface area contributed by atoms with Gasteiger partial charge < -0.3 is 5.11 Å². The molecule has 0 aliphatic heterocycles. The van der Waals surface area contributed by atoms with Crippen LogP contribution in [-0.2, 0) is 10.1 Å². The summed E-state index contributed by atoms with van der Waals surface area (Å²) >= 11 is 0. The number of hydrogen-bond donors (Lipinski definition) is 2. The van der Waals surface area contributed by atoms with Crippen molar-refractivity contribution in [2.45, 2.75) is 95.8 Å². The summed E-state index contributed by atoms with van der Waals surface area (Å²) < 4.78 is 31.9. The Morgan fingerprint density at radius 2 is 1.35 bits per heavy atom. The van der Waals surface area contributed by atoms with E-state index < -0.39 is 15.4 Å². The molecule has 0 fully saturated rings. The molecule has 4 nitrogen and oxygen atoms in total. The van der Waals surface area contributed by atoms with Crippen LogP contribution in [0.2, 0.25) is 0 Å². The molecule has 0 saturated carbocycles. The minimum atomic E-state index is -3.93. The van der Waals surface area contributed by atoms with Crippen LogP contribution in [0.5, 0.6) is 0 Å². The third kappa shape index (κ3) is 10.6. The number of aliphatic hydroxyl groups excluding tert-OH is 1. The van der Waals surface area contributed by atoms with Crippen LogP contribution < -0.4 is 0 Å². The molecular weight excluding hydrogens is 276 g/mol. The molecule has 0 aromatic rings. The predicted octanol–water partition coefficient (Wildman–Crippen LogP) is 3.93. The van der Waals surface area contributed by atoms with E-state index in [1.165, 1.54) is 12.8 Å². The van der Waals surface area contributed by atoms with Gasteiger partial charge in [0.2, 0.25) is 0 Å². The van der Waals surface area contributed by atoms with E-state index in [2.05, 4.69) is 6.92 Å². The van der Waals surface area contributed by atoms with E-state index in [1.54, 1.807) is 0 Å².